The first-order valence-corrected chi connectivity index (χ1v) is 6.81. The minimum Gasteiger partial charge on any atom is -0.323 e. The van der Waals surface area contributed by atoms with Crippen molar-refractivity contribution in [3.8, 4) is 0 Å². The molecule has 1 rings (SSSR count). The van der Waals surface area contributed by atoms with Crippen molar-refractivity contribution in [1.82, 2.24) is 0 Å². The van der Waals surface area contributed by atoms with E-state index in [1.165, 1.54) is 6.92 Å². The third-order valence-electron chi connectivity index (χ3n) is 3.31. The molecule has 0 aromatic rings. The number of hydrogen-bond acceptors (Lipinski definition) is 2. The maximum atomic E-state index is 11.2. The Morgan fingerprint density at radius 3 is 2.00 bits per heavy atom. The van der Waals surface area contributed by atoms with E-state index < -0.39 is 12.9 Å². The van der Waals surface area contributed by atoms with Crippen LogP contribution < -0.4 is 5.73 Å². The molecular formula is C9H20NO3P. The van der Waals surface area contributed by atoms with Crippen LogP contribution in [0.2, 0.25) is 0 Å². The molecule has 0 saturated heterocycles. The molecule has 0 spiro atoms. The molecule has 0 aromatic carbocycles. The van der Waals surface area contributed by atoms with Crippen LogP contribution in [0.1, 0.15) is 45.4 Å². The molecule has 1 atom stereocenters. The van der Waals surface area contributed by atoms with E-state index in [1.807, 2.05) is 0 Å². The van der Waals surface area contributed by atoms with Gasteiger partial charge in [-0.05, 0) is 25.7 Å². The monoisotopic (exact) mass is 221 g/mol. The Hall–Kier alpha value is 0.110. The zero-order valence-corrected chi connectivity index (χ0v) is 9.54. The van der Waals surface area contributed by atoms with Crippen molar-refractivity contribution in [3.63, 3.8) is 0 Å². The summed E-state index contributed by atoms with van der Waals surface area (Å²) in [6, 6.07) is 0. The predicted molar refractivity (Wildman–Crippen MR) is 55.8 cm³/mol. The van der Waals surface area contributed by atoms with Crippen molar-refractivity contribution in [2.45, 2.75) is 50.7 Å². The molecule has 0 aliphatic heterocycles. The minimum absolute atomic E-state index is 0.0363. The third-order valence-corrected chi connectivity index (χ3v) is 4.93. The lowest BCUT2D eigenvalue weighted by molar-refractivity contribution is 0.266. The molecule has 4 nitrogen and oxygen atoms in total. The Morgan fingerprint density at radius 2 is 1.64 bits per heavy atom. The van der Waals surface area contributed by atoms with Gasteiger partial charge in [0, 0.05) is 0 Å². The Bertz CT molecular complexity index is 228. The van der Waals surface area contributed by atoms with Crippen LogP contribution in [-0.2, 0) is 4.57 Å². The van der Waals surface area contributed by atoms with Gasteiger partial charge in [-0.1, -0.05) is 25.7 Å². The van der Waals surface area contributed by atoms with Gasteiger partial charge >= 0.3 is 7.60 Å². The molecule has 0 amide bonds. The summed E-state index contributed by atoms with van der Waals surface area (Å²) in [6.07, 6.45) is 6.09. The van der Waals surface area contributed by atoms with Crippen molar-refractivity contribution in [3.05, 3.63) is 0 Å². The van der Waals surface area contributed by atoms with E-state index in [1.54, 1.807) is 0 Å². The van der Waals surface area contributed by atoms with Crippen molar-refractivity contribution < 1.29 is 14.4 Å². The Kier molecular flexibility index (Phi) is 3.75. The second-order valence-corrected chi connectivity index (χ2v) is 6.51. The maximum Gasteiger partial charge on any atom is 0.345 e. The van der Waals surface area contributed by atoms with Crippen LogP contribution in [0.25, 0.3) is 0 Å². The van der Waals surface area contributed by atoms with E-state index in [-0.39, 0.29) is 5.92 Å². The van der Waals surface area contributed by atoms with Crippen molar-refractivity contribution >= 4 is 7.60 Å². The summed E-state index contributed by atoms with van der Waals surface area (Å²) in [5.41, 5.74) is 5.77. The van der Waals surface area contributed by atoms with Gasteiger partial charge in [0.25, 0.3) is 0 Å². The largest absolute Gasteiger partial charge is 0.345 e. The lowest BCUT2D eigenvalue weighted by Crippen LogP contribution is -2.43. The van der Waals surface area contributed by atoms with E-state index >= 15 is 0 Å². The fourth-order valence-corrected chi connectivity index (χ4v) is 2.84. The molecule has 14 heavy (non-hydrogen) atoms. The van der Waals surface area contributed by atoms with Crippen LogP contribution in [0.4, 0.5) is 0 Å². The van der Waals surface area contributed by atoms with Crippen molar-refractivity contribution in [1.29, 1.82) is 0 Å². The van der Waals surface area contributed by atoms with E-state index in [0.717, 1.165) is 38.5 Å². The van der Waals surface area contributed by atoms with Gasteiger partial charge in [-0.25, -0.2) is 0 Å². The van der Waals surface area contributed by atoms with Crippen LogP contribution >= 0.6 is 7.60 Å². The lowest BCUT2D eigenvalue weighted by atomic mass is 9.93. The van der Waals surface area contributed by atoms with Gasteiger partial charge in [0.15, 0.2) is 0 Å². The topological polar surface area (TPSA) is 83.6 Å². The lowest BCUT2D eigenvalue weighted by Gasteiger charge is -2.33. The van der Waals surface area contributed by atoms with E-state index in [4.69, 9.17) is 5.73 Å². The molecule has 1 aliphatic rings. The third kappa shape index (κ3) is 2.57. The summed E-state index contributed by atoms with van der Waals surface area (Å²) < 4.78 is 11.2. The average molecular weight is 221 g/mol. The fraction of sp³-hybridized carbons (Fsp3) is 1.00. The highest BCUT2D eigenvalue weighted by Crippen LogP contribution is 2.53. The highest BCUT2D eigenvalue weighted by molar-refractivity contribution is 7.53. The van der Waals surface area contributed by atoms with Crippen LogP contribution in [0.3, 0.4) is 0 Å². The molecule has 1 saturated carbocycles. The average Bonchev–Trinajstić information content (AvgIpc) is 2.29. The van der Waals surface area contributed by atoms with Gasteiger partial charge in [0.1, 0.15) is 5.28 Å². The quantitative estimate of drug-likeness (QED) is 0.490. The van der Waals surface area contributed by atoms with Gasteiger partial charge in [-0.2, -0.15) is 0 Å². The Morgan fingerprint density at radius 1 is 1.21 bits per heavy atom. The summed E-state index contributed by atoms with van der Waals surface area (Å²) >= 11 is 0. The molecule has 0 bridgehead atoms. The SMILES string of the molecule is CC(N)(C1CCCCCC1)P(=O)(O)O. The highest BCUT2D eigenvalue weighted by atomic mass is 31.2. The Balaban J connectivity index is 2.74. The summed E-state index contributed by atoms with van der Waals surface area (Å²) in [5.74, 6) is -0.0363. The molecule has 0 radical (unpaired) electrons. The molecule has 5 heteroatoms. The summed E-state index contributed by atoms with van der Waals surface area (Å²) in [5, 5.41) is -1.34. The number of nitrogens with two attached hydrogens (primary N) is 1. The second kappa shape index (κ2) is 4.31. The first-order valence-electron chi connectivity index (χ1n) is 5.20. The van der Waals surface area contributed by atoms with Gasteiger partial charge in [0.2, 0.25) is 0 Å². The van der Waals surface area contributed by atoms with E-state index in [0.29, 0.717) is 0 Å². The van der Waals surface area contributed by atoms with Crippen molar-refractivity contribution in [2.75, 3.05) is 0 Å². The minimum atomic E-state index is -4.18. The van der Waals surface area contributed by atoms with Gasteiger partial charge < -0.3 is 15.5 Å². The summed E-state index contributed by atoms with van der Waals surface area (Å²) in [6.45, 7) is 1.49. The van der Waals surface area contributed by atoms with Crippen LogP contribution in [0.5, 0.6) is 0 Å². The number of hydrogen-bond donors (Lipinski definition) is 3. The molecule has 1 fully saturated rings. The van der Waals surface area contributed by atoms with Gasteiger partial charge in [-0.3, -0.25) is 4.57 Å². The smallest absolute Gasteiger partial charge is 0.323 e. The van der Waals surface area contributed by atoms with Gasteiger partial charge in [0.05, 0.1) is 0 Å². The molecular weight excluding hydrogens is 201 g/mol. The first kappa shape index (κ1) is 12.2. The molecule has 4 N–H and O–H groups in total. The van der Waals surface area contributed by atoms with Crippen LogP contribution in [0, 0.1) is 5.92 Å². The van der Waals surface area contributed by atoms with E-state index in [2.05, 4.69) is 0 Å². The molecule has 1 aliphatic carbocycles. The summed E-state index contributed by atoms with van der Waals surface area (Å²) in [7, 11) is -4.18. The standard InChI is InChI=1S/C9H20NO3P/c1-9(10,14(11,12)13)8-6-4-2-3-5-7-8/h8H,2-7,10H2,1H3,(H2,11,12,13). The zero-order chi connectivity index (χ0) is 10.8. The van der Waals surface area contributed by atoms with Gasteiger partial charge in [-0.15, -0.1) is 0 Å². The van der Waals surface area contributed by atoms with Crippen molar-refractivity contribution in [2.24, 2.45) is 11.7 Å². The molecule has 0 aromatic heterocycles. The molecule has 84 valence electrons. The Labute approximate surface area is 85.0 Å². The molecule has 0 heterocycles. The maximum absolute atomic E-state index is 11.2. The van der Waals surface area contributed by atoms with Crippen LogP contribution in [-0.4, -0.2) is 15.1 Å². The normalized spacial score (nSPS) is 25.4. The fourth-order valence-electron chi connectivity index (χ4n) is 2.10. The summed E-state index contributed by atoms with van der Waals surface area (Å²) in [4.78, 5) is 18.4. The second-order valence-electron chi connectivity index (χ2n) is 4.46. The highest BCUT2D eigenvalue weighted by Gasteiger charge is 2.44. The zero-order valence-electron chi connectivity index (χ0n) is 8.65. The first-order chi connectivity index (χ1) is 6.36. The van der Waals surface area contributed by atoms with E-state index in [9.17, 15) is 14.4 Å². The predicted octanol–water partition coefficient (Wildman–Crippen LogP) is 1.81. The van der Waals surface area contributed by atoms with Crippen LogP contribution in [0.15, 0.2) is 0 Å². The number of rotatable bonds is 2. The molecule has 1 unspecified atom stereocenters.